The number of aliphatic imine (C=N–C) groups is 1. The van der Waals surface area contributed by atoms with E-state index >= 15 is 0 Å². The second-order valence-corrected chi connectivity index (χ2v) is 6.05. The fourth-order valence-electron chi connectivity index (χ4n) is 2.24. The lowest BCUT2D eigenvalue weighted by Gasteiger charge is -2.11. The van der Waals surface area contributed by atoms with E-state index in [0.717, 1.165) is 29.1 Å². The smallest absolute Gasteiger partial charge is 0.227 e. The van der Waals surface area contributed by atoms with Gasteiger partial charge >= 0.3 is 0 Å². The summed E-state index contributed by atoms with van der Waals surface area (Å²) in [6, 6.07) is 15.0. The van der Waals surface area contributed by atoms with Crippen molar-refractivity contribution in [3.8, 4) is 5.75 Å². The fourth-order valence-corrected chi connectivity index (χ4v) is 2.24. The average molecular weight is 354 g/mol. The maximum absolute atomic E-state index is 12.0. The summed E-state index contributed by atoms with van der Waals surface area (Å²) in [4.78, 5) is 16.3. The molecule has 0 bridgehead atoms. The molecule has 1 amide bonds. The molecule has 26 heavy (non-hydrogen) atoms. The lowest BCUT2D eigenvalue weighted by atomic mass is 10.1. The number of hydrogen-bond donors (Lipinski definition) is 3. The van der Waals surface area contributed by atoms with E-state index in [2.05, 4.69) is 15.6 Å². The third kappa shape index (κ3) is 5.81. The van der Waals surface area contributed by atoms with Crippen molar-refractivity contribution in [1.29, 1.82) is 0 Å². The molecule has 4 N–H and O–H groups in total. The van der Waals surface area contributed by atoms with Crippen LogP contribution in [0.3, 0.4) is 0 Å². The number of carbonyl (C=O) groups excluding carboxylic acids is 1. The fraction of sp³-hybridized carbons (Fsp3) is 0.300. The number of nitrogens with two attached hydrogens (primary N) is 1. The number of rotatable bonds is 7. The maximum Gasteiger partial charge on any atom is 0.227 e. The van der Waals surface area contributed by atoms with E-state index in [9.17, 15) is 4.79 Å². The molecule has 6 nitrogen and oxygen atoms in total. The molecule has 0 aliphatic rings. The molecule has 0 radical (unpaired) electrons. The summed E-state index contributed by atoms with van der Waals surface area (Å²) >= 11 is 0. The van der Waals surface area contributed by atoms with E-state index in [1.54, 1.807) is 7.11 Å². The molecule has 0 aliphatic heterocycles. The average Bonchev–Trinajstić information content (AvgIpc) is 2.66. The predicted molar refractivity (Wildman–Crippen MR) is 106 cm³/mol. The molecule has 0 saturated carbocycles. The maximum atomic E-state index is 12.0. The minimum Gasteiger partial charge on any atom is -0.497 e. The number of methoxy groups -OCH3 is 1. The highest BCUT2D eigenvalue weighted by Crippen LogP contribution is 2.16. The molecule has 0 aromatic heterocycles. The summed E-state index contributed by atoms with van der Waals surface area (Å²) < 4.78 is 5.12. The van der Waals surface area contributed by atoms with Crippen LogP contribution in [0.4, 0.5) is 11.4 Å². The first-order valence-electron chi connectivity index (χ1n) is 8.62. The van der Waals surface area contributed by atoms with Crippen molar-refractivity contribution in [1.82, 2.24) is 0 Å². The van der Waals surface area contributed by atoms with E-state index in [4.69, 9.17) is 10.5 Å². The lowest BCUT2D eigenvalue weighted by molar-refractivity contribution is -0.119. The van der Waals surface area contributed by atoms with Crippen LogP contribution < -0.4 is 21.1 Å². The zero-order chi connectivity index (χ0) is 18.9. The van der Waals surface area contributed by atoms with Gasteiger partial charge < -0.3 is 21.1 Å². The van der Waals surface area contributed by atoms with Crippen LogP contribution >= 0.6 is 0 Å². The number of benzene rings is 2. The van der Waals surface area contributed by atoms with E-state index in [0.29, 0.717) is 12.5 Å². The Bertz CT molecular complexity index is 757. The van der Waals surface area contributed by atoms with Crippen LogP contribution in [0, 0.1) is 5.92 Å². The topological polar surface area (TPSA) is 88.7 Å². The Balaban J connectivity index is 1.95. The molecule has 6 heteroatoms. The Morgan fingerprint density at radius 3 is 2.54 bits per heavy atom. The van der Waals surface area contributed by atoms with Crippen molar-refractivity contribution < 1.29 is 9.53 Å². The Kier molecular flexibility index (Phi) is 7.02. The minimum atomic E-state index is -0.0129. The van der Waals surface area contributed by atoms with Gasteiger partial charge in [0, 0.05) is 17.3 Å². The number of nitrogens with one attached hydrogen (secondary N) is 2. The van der Waals surface area contributed by atoms with E-state index in [-0.39, 0.29) is 11.8 Å². The molecule has 0 saturated heterocycles. The number of ether oxygens (including phenoxy) is 1. The second kappa shape index (κ2) is 9.46. The first-order chi connectivity index (χ1) is 12.5. The van der Waals surface area contributed by atoms with E-state index in [1.807, 2.05) is 62.4 Å². The molecule has 2 aromatic rings. The lowest BCUT2D eigenvalue weighted by Crippen LogP contribution is -2.22. The van der Waals surface area contributed by atoms with Crippen molar-refractivity contribution in [2.24, 2.45) is 16.6 Å². The van der Waals surface area contributed by atoms with Crippen molar-refractivity contribution in [3.63, 3.8) is 0 Å². The van der Waals surface area contributed by atoms with Gasteiger partial charge in [0.15, 0.2) is 5.96 Å². The van der Waals surface area contributed by atoms with Crippen molar-refractivity contribution in [3.05, 3.63) is 54.1 Å². The molecule has 0 aliphatic carbocycles. The Morgan fingerprint density at radius 1 is 1.15 bits per heavy atom. The Hall–Kier alpha value is -3.02. The zero-order valence-electron chi connectivity index (χ0n) is 15.5. The predicted octanol–water partition coefficient (Wildman–Crippen LogP) is 3.61. The number of amides is 1. The van der Waals surface area contributed by atoms with Gasteiger partial charge in [-0.3, -0.25) is 4.79 Å². The van der Waals surface area contributed by atoms with Crippen LogP contribution in [0.25, 0.3) is 0 Å². The van der Waals surface area contributed by atoms with Crippen molar-refractivity contribution in [2.45, 2.75) is 26.8 Å². The first kappa shape index (κ1) is 19.3. The molecule has 0 heterocycles. The summed E-state index contributed by atoms with van der Waals surface area (Å²) in [6.07, 6.45) is 0.809. The Morgan fingerprint density at radius 2 is 1.88 bits per heavy atom. The molecular formula is C20H26N4O2. The van der Waals surface area contributed by atoms with Gasteiger partial charge in [-0.15, -0.1) is 0 Å². The van der Waals surface area contributed by atoms with Crippen LogP contribution in [0.15, 0.2) is 53.5 Å². The zero-order valence-corrected chi connectivity index (χ0v) is 15.5. The monoisotopic (exact) mass is 354 g/mol. The molecule has 0 fully saturated rings. The van der Waals surface area contributed by atoms with Gasteiger partial charge in [0.05, 0.1) is 13.7 Å². The van der Waals surface area contributed by atoms with Crippen LogP contribution in [-0.2, 0) is 11.3 Å². The number of guanidine groups is 1. The summed E-state index contributed by atoms with van der Waals surface area (Å²) in [6.45, 7) is 4.32. The Labute approximate surface area is 154 Å². The van der Waals surface area contributed by atoms with E-state index < -0.39 is 0 Å². The van der Waals surface area contributed by atoms with Crippen LogP contribution in [0.1, 0.15) is 25.8 Å². The summed E-state index contributed by atoms with van der Waals surface area (Å²) in [5.74, 6) is 1.11. The first-order valence-corrected chi connectivity index (χ1v) is 8.62. The largest absolute Gasteiger partial charge is 0.497 e. The van der Waals surface area contributed by atoms with Gasteiger partial charge in [-0.05, 0) is 48.4 Å². The van der Waals surface area contributed by atoms with Gasteiger partial charge in [-0.25, -0.2) is 4.99 Å². The molecule has 1 atom stereocenters. The molecular weight excluding hydrogens is 328 g/mol. The third-order valence-electron chi connectivity index (χ3n) is 4.05. The molecule has 2 rings (SSSR count). The minimum absolute atomic E-state index is 0.0129. The number of hydrogen-bond acceptors (Lipinski definition) is 3. The summed E-state index contributed by atoms with van der Waals surface area (Å²) in [7, 11) is 1.62. The number of anilines is 2. The molecule has 138 valence electrons. The van der Waals surface area contributed by atoms with Crippen LogP contribution in [0.5, 0.6) is 5.75 Å². The molecule has 2 aromatic carbocycles. The normalized spacial score (nSPS) is 12.3. The van der Waals surface area contributed by atoms with E-state index in [1.165, 1.54) is 0 Å². The van der Waals surface area contributed by atoms with Gasteiger partial charge in [-0.2, -0.15) is 0 Å². The second-order valence-electron chi connectivity index (χ2n) is 6.05. The highest BCUT2D eigenvalue weighted by molar-refractivity contribution is 5.93. The third-order valence-corrected chi connectivity index (χ3v) is 4.05. The van der Waals surface area contributed by atoms with Crippen molar-refractivity contribution in [2.75, 3.05) is 17.7 Å². The quantitative estimate of drug-likeness (QED) is 0.523. The number of carbonyl (C=O) groups is 1. The highest BCUT2D eigenvalue weighted by Gasteiger charge is 2.10. The standard InChI is InChI=1S/C20H26N4O2/c1-4-14(2)19(25)23-17-7-5-6-15(12-17)13-22-20(21)24-16-8-10-18(26-3)11-9-16/h5-12,14H,4,13H2,1-3H3,(H,23,25)(H3,21,22,24). The van der Waals surface area contributed by atoms with Gasteiger partial charge in [-0.1, -0.05) is 26.0 Å². The van der Waals surface area contributed by atoms with Gasteiger partial charge in [0.1, 0.15) is 5.75 Å². The summed E-state index contributed by atoms with van der Waals surface area (Å²) in [5.41, 5.74) is 8.51. The summed E-state index contributed by atoms with van der Waals surface area (Å²) in [5, 5.41) is 5.96. The van der Waals surface area contributed by atoms with Gasteiger partial charge in [0.25, 0.3) is 0 Å². The highest BCUT2D eigenvalue weighted by atomic mass is 16.5. The SMILES string of the molecule is CCC(C)C(=O)Nc1cccc(CN=C(N)Nc2ccc(OC)cc2)c1. The van der Waals surface area contributed by atoms with Crippen LogP contribution in [-0.4, -0.2) is 19.0 Å². The van der Waals surface area contributed by atoms with Gasteiger partial charge in [0.2, 0.25) is 5.91 Å². The molecule has 1 unspecified atom stereocenters. The number of nitrogens with zero attached hydrogens (tertiary/aromatic N) is 1. The van der Waals surface area contributed by atoms with Crippen LogP contribution in [0.2, 0.25) is 0 Å². The van der Waals surface area contributed by atoms with Crippen molar-refractivity contribution >= 4 is 23.2 Å². The molecule has 0 spiro atoms.